The van der Waals surface area contributed by atoms with Crippen LogP contribution in [0.4, 0.5) is 8.78 Å². The molecule has 4 saturated carbocycles. The molecule has 0 saturated heterocycles. The predicted molar refractivity (Wildman–Crippen MR) is 258 cm³/mol. The molecule has 0 heterocycles. The zero-order chi connectivity index (χ0) is 44.2. The van der Waals surface area contributed by atoms with E-state index in [-0.39, 0.29) is 23.5 Å². The van der Waals surface area contributed by atoms with Crippen LogP contribution >= 0.6 is 0 Å². The van der Waals surface area contributed by atoms with Crippen molar-refractivity contribution < 1.29 is 13.5 Å². The SMILES string of the molecule is CCCCCCC[C@H]1CCC[C@H](C2CCC(C(=CCOCC=C(c3ccc(C#N)cc3F)C3CCC([C@H]4CCC[C@H](CCCCCCC)C4)CC3)c3ccc(C#N)cc3F)CC2)C1. The summed E-state index contributed by atoms with van der Waals surface area (Å²) in [6, 6.07) is 14.0. The Balaban J connectivity index is 1.08. The van der Waals surface area contributed by atoms with E-state index in [4.69, 9.17) is 4.74 Å². The zero-order valence-electron chi connectivity index (χ0n) is 39.5. The number of rotatable bonds is 22. The number of ether oxygens (including phenoxy) is 1. The predicted octanol–water partition coefficient (Wildman–Crippen LogP) is 17.1. The standard InChI is InChI=1S/C58H82F2N2O/c1-3-5-7-9-11-15-43-17-13-19-51(37-43)47-23-27-49(28-24-47)53(55-31-21-45(41-61)39-57(55)59)33-35-63-36-34-54(56-32-22-46(42-62)40-58(56)60)50-29-25-48(26-30-50)52-20-14-18-44(38-52)16-12-10-8-6-4-2/h21-22,31-34,39-40,43-44,47-52H,3-20,23-30,35-38H2,1-2H3/t43-,44-,47?,48?,49?,50?,51-,52-/m0/s1. The molecule has 2 aromatic rings. The molecule has 0 bridgehead atoms. The smallest absolute Gasteiger partial charge is 0.132 e. The van der Waals surface area contributed by atoms with E-state index < -0.39 is 0 Å². The molecule has 0 aliphatic heterocycles. The molecule has 0 aromatic heterocycles. The lowest BCUT2D eigenvalue weighted by atomic mass is 9.66. The van der Waals surface area contributed by atoms with Crippen molar-refractivity contribution in [3.63, 3.8) is 0 Å². The molecule has 4 fully saturated rings. The summed E-state index contributed by atoms with van der Waals surface area (Å²) < 4.78 is 37.8. The zero-order valence-corrected chi connectivity index (χ0v) is 39.5. The topological polar surface area (TPSA) is 56.8 Å². The van der Waals surface area contributed by atoms with Gasteiger partial charge in [-0.2, -0.15) is 10.5 Å². The molecule has 0 spiro atoms. The third kappa shape index (κ3) is 14.9. The van der Waals surface area contributed by atoms with Crippen molar-refractivity contribution in [1.29, 1.82) is 10.5 Å². The van der Waals surface area contributed by atoms with Crippen molar-refractivity contribution in [3.05, 3.63) is 82.4 Å². The van der Waals surface area contributed by atoms with E-state index >= 15 is 8.78 Å². The normalized spacial score (nSPS) is 27.1. The maximum atomic E-state index is 15.7. The number of hydrogen-bond acceptors (Lipinski definition) is 3. The Labute approximate surface area is 382 Å². The first-order valence-electron chi connectivity index (χ1n) is 26.3. The van der Waals surface area contributed by atoms with Crippen LogP contribution in [0.3, 0.4) is 0 Å². The summed E-state index contributed by atoms with van der Waals surface area (Å²) in [7, 11) is 0. The molecule has 3 nitrogen and oxygen atoms in total. The lowest BCUT2D eigenvalue weighted by molar-refractivity contribution is 0.144. The molecule has 0 radical (unpaired) electrons. The van der Waals surface area contributed by atoms with Gasteiger partial charge in [0.05, 0.1) is 36.5 Å². The lowest BCUT2D eigenvalue weighted by Crippen LogP contribution is -2.27. The van der Waals surface area contributed by atoms with Crippen LogP contribution in [0.1, 0.15) is 216 Å². The van der Waals surface area contributed by atoms with Gasteiger partial charge in [0, 0.05) is 11.1 Å². The van der Waals surface area contributed by atoms with Crippen molar-refractivity contribution in [2.45, 2.75) is 194 Å². The molecule has 63 heavy (non-hydrogen) atoms. The minimum absolute atomic E-state index is 0.254. The number of nitriles is 2. The second-order valence-electron chi connectivity index (χ2n) is 20.7. The summed E-state index contributed by atoms with van der Waals surface area (Å²) in [6.07, 6.45) is 40.7. The van der Waals surface area contributed by atoms with Crippen LogP contribution in [-0.2, 0) is 4.74 Å². The van der Waals surface area contributed by atoms with Gasteiger partial charge in [0.25, 0.3) is 0 Å². The van der Waals surface area contributed by atoms with Crippen LogP contribution in [0.15, 0.2) is 48.6 Å². The van der Waals surface area contributed by atoms with E-state index in [1.165, 1.54) is 166 Å². The van der Waals surface area contributed by atoms with Gasteiger partial charge in [-0.05, 0) is 147 Å². The van der Waals surface area contributed by atoms with E-state index in [0.29, 0.717) is 35.5 Å². The fraction of sp³-hybridized carbons (Fsp3) is 0.690. The second-order valence-corrected chi connectivity index (χ2v) is 20.7. The third-order valence-electron chi connectivity index (χ3n) is 16.5. The summed E-state index contributed by atoms with van der Waals surface area (Å²) in [6.45, 7) is 5.26. The van der Waals surface area contributed by atoms with Gasteiger partial charge in [0.15, 0.2) is 0 Å². The molecule has 344 valence electrons. The molecule has 5 heteroatoms. The maximum Gasteiger partial charge on any atom is 0.132 e. The van der Waals surface area contributed by atoms with Gasteiger partial charge in [-0.3, -0.25) is 0 Å². The monoisotopic (exact) mass is 861 g/mol. The van der Waals surface area contributed by atoms with Crippen molar-refractivity contribution in [3.8, 4) is 12.1 Å². The summed E-state index contributed by atoms with van der Waals surface area (Å²) in [5.74, 6) is 4.80. The van der Waals surface area contributed by atoms with E-state index in [1.54, 1.807) is 24.3 Å². The summed E-state index contributed by atoms with van der Waals surface area (Å²) in [4.78, 5) is 0. The molecule has 4 atom stereocenters. The van der Waals surface area contributed by atoms with Crippen molar-refractivity contribution in [2.24, 2.45) is 47.3 Å². The minimum atomic E-state index is -0.336. The molecule has 0 unspecified atom stereocenters. The van der Waals surface area contributed by atoms with Gasteiger partial charge >= 0.3 is 0 Å². The van der Waals surface area contributed by atoms with Crippen molar-refractivity contribution in [2.75, 3.05) is 13.2 Å². The number of benzene rings is 2. The van der Waals surface area contributed by atoms with Crippen molar-refractivity contribution >= 4 is 11.1 Å². The quantitative estimate of drug-likeness (QED) is 0.111. The van der Waals surface area contributed by atoms with Crippen LogP contribution in [0.5, 0.6) is 0 Å². The fourth-order valence-corrected chi connectivity index (χ4v) is 12.9. The van der Waals surface area contributed by atoms with Gasteiger partial charge in [-0.15, -0.1) is 0 Å². The highest BCUT2D eigenvalue weighted by Gasteiger charge is 2.35. The minimum Gasteiger partial charge on any atom is -0.373 e. The molecule has 6 rings (SSSR count). The largest absolute Gasteiger partial charge is 0.373 e. The highest BCUT2D eigenvalue weighted by molar-refractivity contribution is 5.70. The van der Waals surface area contributed by atoms with Crippen molar-refractivity contribution in [1.82, 2.24) is 0 Å². The maximum absolute atomic E-state index is 15.7. The number of allylic oxidation sites excluding steroid dienone is 2. The van der Waals surface area contributed by atoms with E-state index in [0.717, 1.165) is 72.3 Å². The summed E-state index contributed by atoms with van der Waals surface area (Å²) >= 11 is 0. The fourth-order valence-electron chi connectivity index (χ4n) is 12.9. The Morgan fingerprint density at radius 3 is 1.33 bits per heavy atom. The van der Waals surface area contributed by atoms with Crippen LogP contribution in [0.2, 0.25) is 0 Å². The number of halogens is 2. The first-order valence-corrected chi connectivity index (χ1v) is 26.3. The van der Waals surface area contributed by atoms with Crippen LogP contribution < -0.4 is 0 Å². The van der Waals surface area contributed by atoms with Crippen LogP contribution in [-0.4, -0.2) is 13.2 Å². The van der Waals surface area contributed by atoms with Gasteiger partial charge in [-0.25, -0.2) is 8.78 Å². The van der Waals surface area contributed by atoms with Crippen LogP contribution in [0, 0.1) is 81.6 Å². The molecule has 4 aliphatic rings. The third-order valence-corrected chi connectivity index (χ3v) is 16.5. The van der Waals surface area contributed by atoms with Gasteiger partial charge < -0.3 is 4.74 Å². The van der Waals surface area contributed by atoms with Gasteiger partial charge in [0.2, 0.25) is 0 Å². The van der Waals surface area contributed by atoms with Gasteiger partial charge in [0.1, 0.15) is 11.6 Å². The highest BCUT2D eigenvalue weighted by atomic mass is 19.1. The Hall–Kier alpha value is -3.28. The number of unbranched alkanes of at least 4 members (excludes halogenated alkanes) is 8. The number of nitrogens with zero attached hydrogens (tertiary/aromatic N) is 2. The Morgan fingerprint density at radius 2 is 0.952 bits per heavy atom. The summed E-state index contributed by atoms with van der Waals surface area (Å²) in [5.41, 5.74) is 3.87. The average Bonchev–Trinajstić information content (AvgIpc) is 3.32. The lowest BCUT2D eigenvalue weighted by Gasteiger charge is -2.39. The summed E-state index contributed by atoms with van der Waals surface area (Å²) in [5, 5.41) is 19.0. The number of hydrogen-bond donors (Lipinski definition) is 0. The van der Waals surface area contributed by atoms with Crippen LogP contribution in [0.25, 0.3) is 11.1 Å². The van der Waals surface area contributed by atoms with E-state index in [2.05, 4.69) is 38.1 Å². The highest BCUT2D eigenvalue weighted by Crippen LogP contribution is 2.47. The first kappa shape index (κ1) is 49.2. The molecular weight excluding hydrogens is 779 g/mol. The molecular formula is C58H82F2N2O. The van der Waals surface area contributed by atoms with E-state index in [1.807, 2.05) is 0 Å². The first-order chi connectivity index (χ1) is 30.9. The molecule has 2 aromatic carbocycles. The molecule has 4 aliphatic carbocycles. The Morgan fingerprint density at radius 1 is 0.540 bits per heavy atom. The Kier molecular flexibility index (Phi) is 20.8. The van der Waals surface area contributed by atoms with E-state index in [9.17, 15) is 10.5 Å². The Bertz CT molecular complexity index is 1690. The second kappa shape index (κ2) is 26.6. The average molecular weight is 861 g/mol. The molecule has 0 N–H and O–H groups in total. The van der Waals surface area contributed by atoms with Gasteiger partial charge in [-0.1, -0.05) is 154 Å². The molecule has 0 amide bonds.